The first-order valence-corrected chi connectivity index (χ1v) is 4.88. The largest absolute Gasteiger partial charge is 0.493 e. The van der Waals surface area contributed by atoms with Crippen molar-refractivity contribution < 1.29 is 9.90 Å². The van der Waals surface area contributed by atoms with Crippen LogP contribution in [-0.4, -0.2) is 20.6 Å². The second-order valence-electron chi connectivity index (χ2n) is 3.68. The molecule has 0 saturated carbocycles. The number of aromatic hydroxyl groups is 1. The lowest BCUT2D eigenvalue weighted by atomic mass is 10.1. The van der Waals surface area contributed by atoms with E-state index >= 15 is 0 Å². The molecule has 78 valence electrons. The highest BCUT2D eigenvalue weighted by atomic mass is 32.1. The number of nitrogens with zero attached hydrogens (tertiary/aromatic N) is 1. The average Bonchev–Trinajstić information content (AvgIpc) is 2.25. The van der Waals surface area contributed by atoms with Crippen LogP contribution in [0.15, 0.2) is 0 Å². The van der Waals surface area contributed by atoms with Crippen LogP contribution in [0.1, 0.15) is 31.3 Å². The van der Waals surface area contributed by atoms with Crippen LogP contribution in [0.2, 0.25) is 0 Å². The number of carbonyl (C=O) groups is 1. The summed E-state index contributed by atoms with van der Waals surface area (Å²) in [5.74, 6) is 0.179. The summed E-state index contributed by atoms with van der Waals surface area (Å²) in [5.41, 5.74) is 0.567. The highest BCUT2D eigenvalue weighted by Crippen LogP contribution is 2.19. The molecule has 0 unspecified atom stereocenters. The van der Waals surface area contributed by atoms with Crippen molar-refractivity contribution in [2.75, 3.05) is 0 Å². The van der Waals surface area contributed by atoms with Crippen molar-refractivity contribution in [3.05, 3.63) is 10.5 Å². The lowest BCUT2D eigenvalue weighted by molar-refractivity contribution is 0.0930. The first kappa shape index (κ1) is 11.0. The van der Waals surface area contributed by atoms with Crippen molar-refractivity contribution in [2.45, 2.75) is 27.2 Å². The second-order valence-corrected chi connectivity index (χ2v) is 4.06. The summed E-state index contributed by atoms with van der Waals surface area (Å²) in [6.07, 6.45) is 0.624. The van der Waals surface area contributed by atoms with E-state index < -0.39 is 0 Å². The molecule has 14 heavy (non-hydrogen) atoms. The first-order valence-electron chi connectivity index (χ1n) is 4.47. The summed E-state index contributed by atoms with van der Waals surface area (Å²) in [6, 6.07) is 0. The molecule has 1 rings (SSSR count). The summed E-state index contributed by atoms with van der Waals surface area (Å²) >= 11 is 4.92. The highest BCUT2D eigenvalue weighted by Gasteiger charge is 2.15. The molecule has 1 aromatic heterocycles. The molecule has 0 amide bonds. The molecule has 1 heterocycles. The molecule has 2 N–H and O–H groups in total. The molecule has 0 aromatic carbocycles. The van der Waals surface area contributed by atoms with Gasteiger partial charge in [0.25, 0.3) is 0 Å². The quantitative estimate of drug-likeness (QED) is 0.741. The fraction of sp³-hybridized carbons (Fsp3) is 0.556. The molecule has 0 aliphatic heterocycles. The number of rotatable bonds is 2. The fourth-order valence-electron chi connectivity index (χ4n) is 1.37. The van der Waals surface area contributed by atoms with Crippen molar-refractivity contribution in [3.63, 3.8) is 0 Å². The normalized spacial score (nSPS) is 10.9. The van der Waals surface area contributed by atoms with Gasteiger partial charge in [0.15, 0.2) is 4.77 Å². The zero-order chi connectivity index (χ0) is 10.9. The Kier molecular flexibility index (Phi) is 3.10. The van der Waals surface area contributed by atoms with E-state index in [1.807, 2.05) is 13.8 Å². The van der Waals surface area contributed by atoms with E-state index in [2.05, 4.69) is 4.98 Å². The third-order valence-electron chi connectivity index (χ3n) is 1.89. The van der Waals surface area contributed by atoms with E-state index in [0.717, 1.165) is 0 Å². The number of hydrogen-bond donors (Lipinski definition) is 2. The minimum atomic E-state index is -0.179. The van der Waals surface area contributed by atoms with Gasteiger partial charge in [0, 0.05) is 6.92 Å². The number of nitrogens with one attached hydrogen (secondary N) is 1. The Morgan fingerprint density at radius 3 is 2.64 bits per heavy atom. The van der Waals surface area contributed by atoms with E-state index in [-0.39, 0.29) is 16.6 Å². The number of carbonyl (C=O) groups excluding carboxylic acids is 1. The molecule has 0 fully saturated rings. The van der Waals surface area contributed by atoms with Crippen LogP contribution in [0.3, 0.4) is 0 Å². The maximum absolute atomic E-state index is 11.2. The van der Waals surface area contributed by atoms with E-state index in [4.69, 9.17) is 12.2 Å². The van der Waals surface area contributed by atoms with Gasteiger partial charge in [-0.25, -0.2) is 0 Å². The van der Waals surface area contributed by atoms with Gasteiger partial charge in [-0.15, -0.1) is 0 Å². The number of H-pyrrole nitrogens is 1. The van der Waals surface area contributed by atoms with Gasteiger partial charge < -0.3 is 10.1 Å². The number of aromatic nitrogens is 2. The highest BCUT2D eigenvalue weighted by molar-refractivity contribution is 7.71. The lowest BCUT2D eigenvalue weighted by Crippen LogP contribution is -2.11. The minimum absolute atomic E-state index is 0.00102. The fourth-order valence-corrected chi connectivity index (χ4v) is 1.70. The Morgan fingerprint density at radius 2 is 2.21 bits per heavy atom. The monoisotopic (exact) mass is 214 g/mol. The molecule has 0 aliphatic rings. The minimum Gasteiger partial charge on any atom is -0.493 e. The summed E-state index contributed by atoms with van der Waals surface area (Å²) in [7, 11) is 0. The van der Waals surface area contributed by atoms with E-state index in [0.29, 0.717) is 18.0 Å². The molecule has 1 aromatic rings. The van der Waals surface area contributed by atoms with Crippen LogP contribution < -0.4 is 0 Å². The molecule has 0 saturated heterocycles. The van der Waals surface area contributed by atoms with Crippen molar-refractivity contribution >= 4 is 18.1 Å². The maximum Gasteiger partial charge on any atom is 0.230 e. The first-order chi connectivity index (χ1) is 6.43. The molecule has 4 nitrogen and oxygen atoms in total. The van der Waals surface area contributed by atoms with Gasteiger partial charge in [-0.2, -0.15) is 0 Å². The third-order valence-corrected chi connectivity index (χ3v) is 2.17. The third kappa shape index (κ3) is 2.04. The Balaban J connectivity index is 3.25. The van der Waals surface area contributed by atoms with E-state index in [1.165, 1.54) is 11.5 Å². The van der Waals surface area contributed by atoms with Crippen LogP contribution >= 0.6 is 12.2 Å². The van der Waals surface area contributed by atoms with Gasteiger partial charge >= 0.3 is 0 Å². The van der Waals surface area contributed by atoms with Crippen LogP contribution in [0.4, 0.5) is 0 Å². The maximum atomic E-state index is 11.2. The second kappa shape index (κ2) is 3.96. The van der Waals surface area contributed by atoms with Crippen LogP contribution in [0.25, 0.3) is 0 Å². The van der Waals surface area contributed by atoms with Gasteiger partial charge in [0.1, 0.15) is 0 Å². The van der Waals surface area contributed by atoms with Crippen molar-refractivity contribution in [1.29, 1.82) is 0 Å². The van der Waals surface area contributed by atoms with Crippen LogP contribution in [-0.2, 0) is 6.42 Å². The van der Waals surface area contributed by atoms with Crippen LogP contribution in [0, 0.1) is 10.7 Å². The van der Waals surface area contributed by atoms with Crippen molar-refractivity contribution in [3.8, 4) is 5.88 Å². The van der Waals surface area contributed by atoms with Crippen LogP contribution in [0.5, 0.6) is 5.88 Å². The number of imidazole rings is 1. The Morgan fingerprint density at radius 1 is 1.64 bits per heavy atom. The molecule has 0 atom stereocenters. The van der Waals surface area contributed by atoms with Gasteiger partial charge in [-0.05, 0) is 24.6 Å². The SMILES string of the molecule is CC(=O)n1c(CC(C)C)c(O)[nH]c1=S. The summed E-state index contributed by atoms with van der Waals surface area (Å²) < 4.78 is 1.59. The molecular formula is C9H14N2O2S. The standard InChI is InChI=1S/C9H14N2O2S/c1-5(2)4-7-8(13)10-9(14)11(7)6(3)12/h5,13H,4H2,1-3H3,(H,10,14). The molecule has 5 heteroatoms. The average molecular weight is 214 g/mol. The molecule has 0 bridgehead atoms. The number of hydrogen-bond acceptors (Lipinski definition) is 3. The van der Waals surface area contributed by atoms with Gasteiger partial charge in [-0.3, -0.25) is 9.36 Å². The Labute approximate surface area is 87.6 Å². The summed E-state index contributed by atoms with van der Waals surface area (Å²) in [6.45, 7) is 5.45. The Bertz CT molecular complexity index is 403. The molecular weight excluding hydrogens is 200 g/mol. The van der Waals surface area contributed by atoms with Crippen molar-refractivity contribution in [2.24, 2.45) is 5.92 Å². The Hall–Kier alpha value is -1.10. The van der Waals surface area contributed by atoms with Gasteiger partial charge in [0.2, 0.25) is 11.8 Å². The zero-order valence-electron chi connectivity index (χ0n) is 8.50. The molecule has 0 spiro atoms. The molecule has 0 aliphatic carbocycles. The smallest absolute Gasteiger partial charge is 0.230 e. The number of aromatic amines is 1. The van der Waals surface area contributed by atoms with E-state index in [9.17, 15) is 9.90 Å². The zero-order valence-corrected chi connectivity index (χ0v) is 9.31. The van der Waals surface area contributed by atoms with E-state index in [1.54, 1.807) is 0 Å². The predicted molar refractivity (Wildman–Crippen MR) is 56.1 cm³/mol. The summed E-state index contributed by atoms with van der Waals surface area (Å²) in [4.78, 5) is 13.8. The topological polar surface area (TPSA) is 58.0 Å². The van der Waals surface area contributed by atoms with Gasteiger partial charge in [-0.1, -0.05) is 13.8 Å². The van der Waals surface area contributed by atoms with Gasteiger partial charge in [0.05, 0.1) is 5.69 Å². The predicted octanol–water partition coefficient (Wildman–Crippen LogP) is 2.11. The molecule has 0 radical (unpaired) electrons. The summed E-state index contributed by atoms with van der Waals surface area (Å²) in [5, 5.41) is 9.51. The lowest BCUT2D eigenvalue weighted by Gasteiger charge is -2.06. The van der Waals surface area contributed by atoms with Crippen molar-refractivity contribution in [1.82, 2.24) is 9.55 Å².